The number of benzene rings is 1. The number of hydrogen-bond acceptors (Lipinski definition) is 4. The fourth-order valence-corrected chi connectivity index (χ4v) is 5.20. The second kappa shape index (κ2) is 9.03. The fraction of sp³-hybridized carbons (Fsp3) is 0.696. The number of hydrogen-bond donors (Lipinski definition) is 1. The van der Waals surface area contributed by atoms with Crippen molar-refractivity contribution in [3.05, 3.63) is 34.9 Å². The summed E-state index contributed by atoms with van der Waals surface area (Å²) in [5, 5.41) is 4.44. The lowest BCUT2D eigenvalue weighted by Crippen LogP contribution is -2.52. The van der Waals surface area contributed by atoms with Gasteiger partial charge in [-0.25, -0.2) is 0 Å². The third-order valence-electron chi connectivity index (χ3n) is 6.74. The number of halogens is 1. The standard InChI is InChI=1S/C23H35ClN4O2/c1-22(2)15-27(11-13-30-22)20(18-4-6-19(24)7-5-18)14-26-21(25-3)28-10-8-23(16-28)9-12-29-17-23/h4-7,20H,8-17H2,1-3H3,(H,25,26). The number of likely N-dealkylation sites (tertiary alicyclic amines) is 1. The van der Waals surface area contributed by atoms with Gasteiger partial charge in [-0.05, 0) is 44.4 Å². The van der Waals surface area contributed by atoms with Gasteiger partial charge in [0.25, 0.3) is 0 Å². The molecule has 1 aromatic rings. The summed E-state index contributed by atoms with van der Waals surface area (Å²) in [6, 6.07) is 8.47. The molecule has 3 aliphatic heterocycles. The molecule has 0 saturated carbocycles. The lowest BCUT2D eigenvalue weighted by molar-refractivity contribution is -0.0971. The average molecular weight is 435 g/mol. The third-order valence-corrected chi connectivity index (χ3v) is 6.99. The fourth-order valence-electron chi connectivity index (χ4n) is 5.07. The van der Waals surface area contributed by atoms with Crippen LogP contribution in [0.4, 0.5) is 0 Å². The largest absolute Gasteiger partial charge is 0.381 e. The van der Waals surface area contributed by atoms with E-state index in [1.54, 1.807) is 0 Å². The highest BCUT2D eigenvalue weighted by Crippen LogP contribution is 2.38. The van der Waals surface area contributed by atoms with Crippen LogP contribution < -0.4 is 5.32 Å². The molecule has 3 aliphatic rings. The Labute approximate surface area is 185 Å². The molecule has 1 spiro atoms. The first-order chi connectivity index (χ1) is 14.4. The van der Waals surface area contributed by atoms with Gasteiger partial charge < -0.3 is 19.7 Å². The van der Waals surface area contributed by atoms with E-state index in [1.807, 2.05) is 19.2 Å². The Hall–Kier alpha value is -1.34. The van der Waals surface area contributed by atoms with Gasteiger partial charge in [-0.1, -0.05) is 23.7 Å². The van der Waals surface area contributed by atoms with E-state index in [0.717, 1.165) is 69.9 Å². The maximum atomic E-state index is 6.16. The molecule has 166 valence electrons. The maximum Gasteiger partial charge on any atom is 0.193 e. The summed E-state index contributed by atoms with van der Waals surface area (Å²) in [7, 11) is 1.88. The third kappa shape index (κ3) is 4.93. The molecule has 2 unspecified atom stereocenters. The summed E-state index contributed by atoms with van der Waals surface area (Å²) < 4.78 is 11.6. The minimum atomic E-state index is -0.144. The number of rotatable bonds is 4. The molecule has 30 heavy (non-hydrogen) atoms. The summed E-state index contributed by atoms with van der Waals surface area (Å²) in [5.74, 6) is 0.991. The zero-order valence-corrected chi connectivity index (χ0v) is 19.2. The van der Waals surface area contributed by atoms with Crippen LogP contribution in [0.3, 0.4) is 0 Å². The lowest BCUT2D eigenvalue weighted by Gasteiger charge is -2.42. The van der Waals surface area contributed by atoms with Crippen LogP contribution in [0.25, 0.3) is 0 Å². The van der Waals surface area contributed by atoms with Gasteiger partial charge in [0.05, 0.1) is 24.9 Å². The van der Waals surface area contributed by atoms with Crippen molar-refractivity contribution in [2.45, 2.75) is 38.3 Å². The van der Waals surface area contributed by atoms with Crippen LogP contribution in [0.1, 0.15) is 38.3 Å². The van der Waals surface area contributed by atoms with Crippen LogP contribution in [0.5, 0.6) is 0 Å². The summed E-state index contributed by atoms with van der Waals surface area (Å²) in [6.07, 6.45) is 2.35. The molecule has 1 N–H and O–H groups in total. The minimum Gasteiger partial charge on any atom is -0.381 e. The van der Waals surface area contributed by atoms with E-state index in [1.165, 1.54) is 12.0 Å². The molecule has 4 rings (SSSR count). The van der Waals surface area contributed by atoms with Crippen LogP contribution in [-0.4, -0.2) is 81.0 Å². The number of nitrogens with zero attached hydrogens (tertiary/aromatic N) is 3. The number of morpholine rings is 1. The molecular weight excluding hydrogens is 400 g/mol. The SMILES string of the molecule is CN=C(NCC(c1ccc(Cl)cc1)N1CCOC(C)(C)C1)N1CCC2(CCOC2)C1. The minimum absolute atomic E-state index is 0.144. The van der Waals surface area contributed by atoms with Crippen molar-refractivity contribution in [3.63, 3.8) is 0 Å². The van der Waals surface area contributed by atoms with Crippen LogP contribution in [0.15, 0.2) is 29.3 Å². The Balaban J connectivity index is 1.46. The van der Waals surface area contributed by atoms with Crippen molar-refractivity contribution in [1.29, 1.82) is 0 Å². The summed E-state index contributed by atoms with van der Waals surface area (Å²) in [4.78, 5) is 9.52. The van der Waals surface area contributed by atoms with Gasteiger partial charge in [-0.15, -0.1) is 0 Å². The topological polar surface area (TPSA) is 49.3 Å². The first-order valence-electron chi connectivity index (χ1n) is 11.1. The van der Waals surface area contributed by atoms with Crippen molar-refractivity contribution in [2.75, 3.05) is 59.6 Å². The molecular formula is C23H35ClN4O2. The van der Waals surface area contributed by atoms with Crippen molar-refractivity contribution in [2.24, 2.45) is 10.4 Å². The Bertz CT molecular complexity index is 746. The molecule has 3 heterocycles. The van der Waals surface area contributed by atoms with E-state index in [-0.39, 0.29) is 11.6 Å². The van der Waals surface area contributed by atoms with Crippen molar-refractivity contribution in [3.8, 4) is 0 Å². The molecule has 0 aromatic heterocycles. The summed E-state index contributed by atoms with van der Waals surface area (Å²) in [6.45, 7) is 11.5. The Morgan fingerprint density at radius 2 is 1.97 bits per heavy atom. The smallest absolute Gasteiger partial charge is 0.193 e. The van der Waals surface area contributed by atoms with Crippen molar-refractivity contribution < 1.29 is 9.47 Å². The van der Waals surface area contributed by atoms with E-state index >= 15 is 0 Å². The number of guanidine groups is 1. The van der Waals surface area contributed by atoms with Crippen LogP contribution in [0.2, 0.25) is 5.02 Å². The van der Waals surface area contributed by atoms with Gasteiger partial charge in [0.1, 0.15) is 0 Å². The van der Waals surface area contributed by atoms with E-state index < -0.39 is 0 Å². The first kappa shape index (κ1) is 21.9. The molecule has 0 aliphatic carbocycles. The van der Waals surface area contributed by atoms with Gasteiger partial charge in [-0.2, -0.15) is 0 Å². The van der Waals surface area contributed by atoms with Crippen LogP contribution in [-0.2, 0) is 9.47 Å². The molecule has 0 bridgehead atoms. The zero-order chi connectivity index (χ0) is 21.2. The predicted molar refractivity (Wildman–Crippen MR) is 121 cm³/mol. The average Bonchev–Trinajstić information content (AvgIpc) is 3.35. The van der Waals surface area contributed by atoms with E-state index in [4.69, 9.17) is 21.1 Å². The Kier molecular flexibility index (Phi) is 6.58. The number of nitrogens with one attached hydrogen (secondary N) is 1. The van der Waals surface area contributed by atoms with E-state index in [9.17, 15) is 0 Å². The first-order valence-corrected chi connectivity index (χ1v) is 11.4. The quantitative estimate of drug-likeness (QED) is 0.582. The summed E-state index contributed by atoms with van der Waals surface area (Å²) >= 11 is 6.16. The molecule has 1 aromatic carbocycles. The molecule has 6 nitrogen and oxygen atoms in total. The number of aliphatic imine (C=N–C) groups is 1. The number of ether oxygens (including phenoxy) is 2. The van der Waals surface area contributed by atoms with Gasteiger partial charge in [0.15, 0.2) is 5.96 Å². The molecule has 0 amide bonds. The maximum absolute atomic E-state index is 6.16. The molecule has 3 fully saturated rings. The molecule has 7 heteroatoms. The highest BCUT2D eigenvalue weighted by atomic mass is 35.5. The lowest BCUT2D eigenvalue weighted by atomic mass is 9.87. The monoisotopic (exact) mass is 434 g/mol. The molecule has 0 radical (unpaired) electrons. The van der Waals surface area contributed by atoms with Gasteiger partial charge in [0, 0.05) is 56.8 Å². The highest BCUT2D eigenvalue weighted by Gasteiger charge is 2.42. The van der Waals surface area contributed by atoms with Crippen molar-refractivity contribution in [1.82, 2.24) is 15.1 Å². The predicted octanol–water partition coefficient (Wildman–Crippen LogP) is 3.18. The second-order valence-corrected chi connectivity index (χ2v) is 9.98. The van der Waals surface area contributed by atoms with Gasteiger partial charge in [-0.3, -0.25) is 9.89 Å². The zero-order valence-electron chi connectivity index (χ0n) is 18.5. The Morgan fingerprint density at radius 1 is 1.17 bits per heavy atom. The van der Waals surface area contributed by atoms with Crippen LogP contribution >= 0.6 is 11.6 Å². The van der Waals surface area contributed by atoms with Gasteiger partial charge >= 0.3 is 0 Å². The Morgan fingerprint density at radius 3 is 2.63 bits per heavy atom. The van der Waals surface area contributed by atoms with Crippen LogP contribution in [0, 0.1) is 5.41 Å². The van der Waals surface area contributed by atoms with E-state index in [2.05, 4.69) is 46.1 Å². The van der Waals surface area contributed by atoms with Gasteiger partial charge in [0.2, 0.25) is 0 Å². The van der Waals surface area contributed by atoms with Crippen molar-refractivity contribution >= 4 is 17.6 Å². The molecule has 3 saturated heterocycles. The summed E-state index contributed by atoms with van der Waals surface area (Å²) in [5.41, 5.74) is 1.44. The van der Waals surface area contributed by atoms with E-state index in [0.29, 0.717) is 5.41 Å². The molecule has 2 atom stereocenters. The highest BCUT2D eigenvalue weighted by molar-refractivity contribution is 6.30. The second-order valence-electron chi connectivity index (χ2n) is 9.55. The normalized spacial score (nSPS) is 28.3.